The minimum Gasteiger partial charge on any atom is -0.469 e. The molecule has 0 saturated carbocycles. The van der Waals surface area contributed by atoms with Gasteiger partial charge in [0, 0.05) is 19.3 Å². The third-order valence-electron chi connectivity index (χ3n) is 3.84. The van der Waals surface area contributed by atoms with Gasteiger partial charge in [0.2, 0.25) is 0 Å². The zero-order chi connectivity index (χ0) is 16.4. The van der Waals surface area contributed by atoms with Crippen LogP contribution in [0.25, 0.3) is 5.65 Å². The summed E-state index contributed by atoms with van der Waals surface area (Å²) < 4.78 is 11.7. The number of carbonyl (C=O) groups is 2. The van der Waals surface area contributed by atoms with E-state index in [1.165, 1.54) is 7.11 Å². The van der Waals surface area contributed by atoms with Gasteiger partial charge in [-0.25, -0.2) is 9.97 Å². The molecular formula is C15H18N4O4. The summed E-state index contributed by atoms with van der Waals surface area (Å²) in [6, 6.07) is 0. The molecule has 1 fully saturated rings. The minimum atomic E-state index is -0.376. The van der Waals surface area contributed by atoms with Gasteiger partial charge in [-0.05, 0) is 6.92 Å². The molecule has 3 rings (SSSR count). The number of morpholine rings is 1. The van der Waals surface area contributed by atoms with Crippen LogP contribution in [-0.2, 0) is 20.7 Å². The molecular weight excluding hydrogens is 300 g/mol. The van der Waals surface area contributed by atoms with Crippen LogP contribution in [-0.4, -0.2) is 60.0 Å². The van der Waals surface area contributed by atoms with Crippen molar-refractivity contribution >= 4 is 23.7 Å². The Balaban J connectivity index is 2.11. The third kappa shape index (κ3) is 2.89. The summed E-state index contributed by atoms with van der Waals surface area (Å²) in [5.74, 6) is 0.325. The SMILES string of the molecule is COC(=O)Cc1cn2c(C=O)c(C)nc(N3CCOCC3)c2n1. The van der Waals surface area contributed by atoms with Crippen LogP contribution in [0.3, 0.4) is 0 Å². The van der Waals surface area contributed by atoms with Crippen LogP contribution >= 0.6 is 0 Å². The van der Waals surface area contributed by atoms with Crippen molar-refractivity contribution in [3.8, 4) is 0 Å². The van der Waals surface area contributed by atoms with Crippen LogP contribution < -0.4 is 4.90 Å². The first kappa shape index (κ1) is 15.4. The second kappa shape index (κ2) is 6.33. The average molecular weight is 318 g/mol. The van der Waals surface area contributed by atoms with Crippen LogP contribution in [0, 0.1) is 6.92 Å². The van der Waals surface area contributed by atoms with Crippen molar-refractivity contribution < 1.29 is 19.1 Å². The molecule has 0 atom stereocenters. The summed E-state index contributed by atoms with van der Waals surface area (Å²) in [4.78, 5) is 34.0. The number of aldehydes is 1. The predicted octanol–water partition coefficient (Wildman–Crippen LogP) is 0.402. The van der Waals surface area contributed by atoms with Crippen molar-refractivity contribution in [2.45, 2.75) is 13.3 Å². The lowest BCUT2D eigenvalue weighted by molar-refractivity contribution is -0.139. The normalized spacial score (nSPS) is 15.0. The van der Waals surface area contributed by atoms with E-state index >= 15 is 0 Å². The predicted molar refractivity (Wildman–Crippen MR) is 81.9 cm³/mol. The largest absolute Gasteiger partial charge is 0.469 e. The Morgan fingerprint density at radius 1 is 1.39 bits per heavy atom. The molecule has 0 aromatic carbocycles. The number of hydrogen-bond donors (Lipinski definition) is 0. The summed E-state index contributed by atoms with van der Waals surface area (Å²) in [7, 11) is 1.33. The summed E-state index contributed by atoms with van der Waals surface area (Å²) in [6.07, 6.45) is 2.49. The Hall–Kier alpha value is -2.48. The van der Waals surface area contributed by atoms with Gasteiger partial charge in [-0.3, -0.25) is 14.0 Å². The van der Waals surface area contributed by atoms with E-state index in [9.17, 15) is 9.59 Å². The Morgan fingerprint density at radius 2 is 2.13 bits per heavy atom. The van der Waals surface area contributed by atoms with E-state index < -0.39 is 0 Å². The molecule has 0 aliphatic carbocycles. The second-order valence-corrected chi connectivity index (χ2v) is 5.30. The maximum absolute atomic E-state index is 11.5. The lowest BCUT2D eigenvalue weighted by atomic mass is 10.3. The first-order valence-electron chi connectivity index (χ1n) is 7.37. The molecule has 1 aliphatic heterocycles. The van der Waals surface area contributed by atoms with Crippen molar-refractivity contribution in [2.75, 3.05) is 38.3 Å². The first-order valence-corrected chi connectivity index (χ1v) is 7.37. The van der Waals surface area contributed by atoms with E-state index in [4.69, 9.17) is 4.74 Å². The van der Waals surface area contributed by atoms with Gasteiger partial charge in [0.15, 0.2) is 17.8 Å². The second-order valence-electron chi connectivity index (χ2n) is 5.30. The monoisotopic (exact) mass is 318 g/mol. The van der Waals surface area contributed by atoms with Gasteiger partial charge in [0.25, 0.3) is 0 Å². The molecule has 8 heteroatoms. The van der Waals surface area contributed by atoms with Crippen LogP contribution in [0.2, 0.25) is 0 Å². The standard InChI is InChI=1S/C15H18N4O4/c1-10-12(9-20)19-8-11(7-13(21)22-2)17-15(19)14(16-10)18-3-5-23-6-4-18/h8-9H,3-7H2,1-2H3. The number of anilines is 1. The minimum absolute atomic E-state index is 0.0536. The number of ether oxygens (including phenoxy) is 2. The first-order chi connectivity index (χ1) is 11.1. The number of aromatic nitrogens is 3. The van der Waals surface area contributed by atoms with Crippen molar-refractivity contribution in [3.63, 3.8) is 0 Å². The fourth-order valence-corrected chi connectivity index (χ4v) is 2.65. The molecule has 3 heterocycles. The molecule has 2 aromatic rings. The highest BCUT2D eigenvalue weighted by Gasteiger charge is 2.21. The zero-order valence-corrected chi connectivity index (χ0v) is 13.1. The fourth-order valence-electron chi connectivity index (χ4n) is 2.65. The maximum Gasteiger partial charge on any atom is 0.311 e. The molecule has 0 amide bonds. The van der Waals surface area contributed by atoms with Crippen molar-refractivity contribution in [2.24, 2.45) is 0 Å². The van der Waals surface area contributed by atoms with Crippen LogP contribution in [0.1, 0.15) is 21.9 Å². The molecule has 1 saturated heterocycles. The molecule has 0 N–H and O–H groups in total. The lowest BCUT2D eigenvalue weighted by Crippen LogP contribution is -2.37. The average Bonchev–Trinajstić information content (AvgIpc) is 2.98. The molecule has 8 nitrogen and oxygen atoms in total. The van der Waals surface area contributed by atoms with E-state index in [0.29, 0.717) is 54.9 Å². The van der Waals surface area contributed by atoms with E-state index in [-0.39, 0.29) is 12.4 Å². The van der Waals surface area contributed by atoms with E-state index in [0.717, 1.165) is 6.29 Å². The van der Waals surface area contributed by atoms with E-state index in [1.54, 1.807) is 17.5 Å². The molecule has 23 heavy (non-hydrogen) atoms. The van der Waals surface area contributed by atoms with Crippen molar-refractivity contribution in [1.82, 2.24) is 14.4 Å². The number of nitrogens with zero attached hydrogens (tertiary/aromatic N) is 4. The Labute approximate surface area is 133 Å². The van der Waals surface area contributed by atoms with Crippen LogP contribution in [0.4, 0.5) is 5.82 Å². The van der Waals surface area contributed by atoms with Gasteiger partial charge in [-0.2, -0.15) is 0 Å². The molecule has 0 spiro atoms. The lowest BCUT2D eigenvalue weighted by Gasteiger charge is -2.28. The summed E-state index contributed by atoms with van der Waals surface area (Å²) in [5.41, 5.74) is 2.16. The Bertz CT molecular complexity index is 750. The smallest absolute Gasteiger partial charge is 0.311 e. The van der Waals surface area contributed by atoms with Gasteiger partial charge >= 0.3 is 5.97 Å². The highest BCUT2D eigenvalue weighted by Crippen LogP contribution is 2.23. The van der Waals surface area contributed by atoms with Crippen LogP contribution in [0.5, 0.6) is 0 Å². The number of methoxy groups -OCH3 is 1. The zero-order valence-electron chi connectivity index (χ0n) is 13.1. The fraction of sp³-hybridized carbons (Fsp3) is 0.467. The van der Waals surface area contributed by atoms with Gasteiger partial charge in [-0.1, -0.05) is 0 Å². The van der Waals surface area contributed by atoms with Gasteiger partial charge in [0.05, 0.1) is 38.1 Å². The van der Waals surface area contributed by atoms with Gasteiger partial charge in [0.1, 0.15) is 5.69 Å². The quantitative estimate of drug-likeness (QED) is 0.596. The number of fused-ring (bicyclic) bond motifs is 1. The van der Waals surface area contributed by atoms with Crippen molar-refractivity contribution in [1.29, 1.82) is 0 Å². The summed E-state index contributed by atoms with van der Waals surface area (Å²) >= 11 is 0. The number of imidazole rings is 1. The van der Waals surface area contributed by atoms with Gasteiger partial charge < -0.3 is 14.4 Å². The highest BCUT2D eigenvalue weighted by atomic mass is 16.5. The molecule has 0 unspecified atom stereocenters. The summed E-state index contributed by atoms with van der Waals surface area (Å²) in [5, 5.41) is 0. The Kier molecular flexibility index (Phi) is 4.24. The van der Waals surface area contributed by atoms with Gasteiger partial charge in [-0.15, -0.1) is 0 Å². The number of esters is 1. The number of rotatable bonds is 4. The third-order valence-corrected chi connectivity index (χ3v) is 3.84. The van der Waals surface area contributed by atoms with Crippen molar-refractivity contribution in [3.05, 3.63) is 23.3 Å². The topological polar surface area (TPSA) is 86.0 Å². The molecule has 0 bridgehead atoms. The highest BCUT2D eigenvalue weighted by molar-refractivity contribution is 5.79. The molecule has 0 radical (unpaired) electrons. The Morgan fingerprint density at radius 3 is 2.78 bits per heavy atom. The molecule has 122 valence electrons. The van der Waals surface area contributed by atoms with E-state index in [2.05, 4.69) is 19.6 Å². The molecule has 2 aromatic heterocycles. The maximum atomic E-state index is 11.5. The van der Waals surface area contributed by atoms with Crippen LogP contribution in [0.15, 0.2) is 6.20 Å². The summed E-state index contributed by atoms with van der Waals surface area (Å²) in [6.45, 7) is 4.45. The number of carbonyl (C=O) groups excluding carboxylic acids is 2. The number of aryl methyl sites for hydroxylation is 1. The number of hydrogen-bond acceptors (Lipinski definition) is 7. The molecule has 1 aliphatic rings. The van der Waals surface area contributed by atoms with E-state index in [1.807, 2.05) is 0 Å².